The molecule has 0 fully saturated rings. The van der Waals surface area contributed by atoms with Crippen molar-refractivity contribution < 1.29 is 14.1 Å². The van der Waals surface area contributed by atoms with E-state index in [1.807, 2.05) is 68.5 Å². The Morgan fingerprint density at radius 2 is 1.85 bits per heavy atom. The number of hydrogen-bond donors (Lipinski definition) is 0. The number of aryl methyl sites for hydroxylation is 2. The SMILES string of the molecule is Cc1ccc(C2=Nn3c(COc4ccccc4C)nnc3SC(c3ccc([N+](=O)[O-])o3)=C2)cc1. The molecule has 0 bridgehead atoms. The third-order valence-corrected chi connectivity index (χ3v) is 6.14. The van der Waals surface area contributed by atoms with Crippen molar-refractivity contribution in [2.75, 3.05) is 0 Å². The molecule has 0 saturated heterocycles. The van der Waals surface area contributed by atoms with Crippen molar-refractivity contribution in [1.82, 2.24) is 14.9 Å². The molecule has 0 amide bonds. The van der Waals surface area contributed by atoms with Crippen LogP contribution in [0.3, 0.4) is 0 Å². The summed E-state index contributed by atoms with van der Waals surface area (Å²) < 4.78 is 13.1. The molecule has 10 heteroatoms. The van der Waals surface area contributed by atoms with Gasteiger partial charge in [-0.3, -0.25) is 10.1 Å². The van der Waals surface area contributed by atoms with Crippen LogP contribution in [0.1, 0.15) is 28.3 Å². The van der Waals surface area contributed by atoms with E-state index in [9.17, 15) is 10.1 Å². The van der Waals surface area contributed by atoms with E-state index in [1.54, 1.807) is 10.7 Å². The molecule has 3 heterocycles. The highest BCUT2D eigenvalue weighted by Gasteiger charge is 2.24. The van der Waals surface area contributed by atoms with Gasteiger partial charge < -0.3 is 9.15 Å². The second-order valence-electron chi connectivity index (χ2n) is 7.62. The van der Waals surface area contributed by atoms with Crippen LogP contribution in [0.4, 0.5) is 5.88 Å². The predicted molar refractivity (Wildman–Crippen MR) is 128 cm³/mol. The van der Waals surface area contributed by atoms with Gasteiger partial charge in [0.25, 0.3) is 0 Å². The Bertz CT molecular complexity index is 1440. The van der Waals surface area contributed by atoms with Crippen molar-refractivity contribution in [2.45, 2.75) is 25.6 Å². The lowest BCUT2D eigenvalue weighted by atomic mass is 10.1. The number of rotatable bonds is 6. The molecule has 0 aliphatic carbocycles. The first-order valence-electron chi connectivity index (χ1n) is 10.4. The van der Waals surface area contributed by atoms with Crippen LogP contribution in [-0.2, 0) is 6.61 Å². The molecular weight excluding hydrogens is 454 g/mol. The van der Waals surface area contributed by atoms with Crippen molar-refractivity contribution in [2.24, 2.45) is 5.10 Å². The Morgan fingerprint density at radius 3 is 2.59 bits per heavy atom. The number of allylic oxidation sites excluding steroid dienone is 1. The minimum atomic E-state index is -0.566. The van der Waals surface area contributed by atoms with Gasteiger partial charge in [-0.05, 0) is 49.4 Å². The largest absolute Gasteiger partial charge is 0.485 e. The van der Waals surface area contributed by atoms with Crippen LogP contribution in [0.15, 0.2) is 81.4 Å². The maximum Gasteiger partial charge on any atom is 0.433 e. The van der Waals surface area contributed by atoms with E-state index in [1.165, 1.54) is 17.8 Å². The molecule has 0 saturated carbocycles. The fourth-order valence-corrected chi connectivity index (χ4v) is 4.24. The first kappa shape index (κ1) is 21.7. The summed E-state index contributed by atoms with van der Waals surface area (Å²) in [5.74, 6) is 1.30. The van der Waals surface area contributed by atoms with Gasteiger partial charge in [0.2, 0.25) is 5.16 Å². The number of fused-ring (bicyclic) bond motifs is 1. The van der Waals surface area contributed by atoms with Gasteiger partial charge in [-0.15, -0.1) is 10.2 Å². The van der Waals surface area contributed by atoms with E-state index in [4.69, 9.17) is 14.3 Å². The zero-order valence-corrected chi connectivity index (χ0v) is 19.2. The average molecular weight is 474 g/mol. The van der Waals surface area contributed by atoms with E-state index in [0.717, 1.165) is 22.4 Å². The Kier molecular flexibility index (Phi) is 5.72. The van der Waals surface area contributed by atoms with E-state index >= 15 is 0 Å². The van der Waals surface area contributed by atoms with Crippen molar-refractivity contribution in [3.63, 3.8) is 0 Å². The predicted octanol–water partition coefficient (Wildman–Crippen LogP) is 5.37. The number of para-hydroxylation sites is 1. The lowest BCUT2D eigenvalue weighted by molar-refractivity contribution is -0.402. The number of ether oxygens (including phenoxy) is 1. The van der Waals surface area contributed by atoms with Gasteiger partial charge in [0.15, 0.2) is 5.82 Å². The number of nitrogens with zero attached hydrogens (tertiary/aromatic N) is 5. The third kappa shape index (κ3) is 4.35. The normalized spacial score (nSPS) is 13.0. The molecule has 2 aromatic carbocycles. The summed E-state index contributed by atoms with van der Waals surface area (Å²) in [6.07, 6.45) is 1.83. The smallest absolute Gasteiger partial charge is 0.433 e. The Hall–Kier alpha value is -4.18. The van der Waals surface area contributed by atoms with Crippen LogP contribution in [0.25, 0.3) is 4.91 Å². The maximum absolute atomic E-state index is 11.1. The van der Waals surface area contributed by atoms with E-state index in [-0.39, 0.29) is 12.5 Å². The van der Waals surface area contributed by atoms with Crippen molar-refractivity contribution in [3.8, 4) is 5.75 Å². The summed E-state index contributed by atoms with van der Waals surface area (Å²) in [5, 5.41) is 25.0. The molecule has 0 unspecified atom stereocenters. The number of aromatic nitrogens is 3. The zero-order chi connectivity index (χ0) is 23.7. The molecule has 0 atom stereocenters. The molecule has 0 radical (unpaired) electrons. The molecule has 4 aromatic rings. The summed E-state index contributed by atoms with van der Waals surface area (Å²) in [7, 11) is 0. The van der Waals surface area contributed by atoms with Crippen molar-refractivity contribution >= 4 is 28.3 Å². The van der Waals surface area contributed by atoms with Gasteiger partial charge in [0.1, 0.15) is 23.0 Å². The van der Waals surface area contributed by atoms with Gasteiger partial charge in [0.05, 0.1) is 16.7 Å². The highest BCUT2D eigenvalue weighted by molar-refractivity contribution is 8.08. The minimum Gasteiger partial charge on any atom is -0.485 e. The first-order chi connectivity index (χ1) is 16.5. The van der Waals surface area contributed by atoms with Gasteiger partial charge >= 0.3 is 5.88 Å². The summed E-state index contributed by atoms with van der Waals surface area (Å²) in [4.78, 5) is 11.2. The van der Waals surface area contributed by atoms with Gasteiger partial charge in [-0.1, -0.05) is 48.0 Å². The Balaban J connectivity index is 1.54. The topological polar surface area (TPSA) is 109 Å². The third-order valence-electron chi connectivity index (χ3n) is 5.17. The second-order valence-corrected chi connectivity index (χ2v) is 8.63. The number of furan rings is 1. The number of hydrogen-bond acceptors (Lipinski definition) is 8. The molecule has 0 N–H and O–H groups in total. The highest BCUT2D eigenvalue weighted by Crippen LogP contribution is 2.38. The quantitative estimate of drug-likeness (QED) is 0.273. The molecule has 9 nitrogen and oxygen atoms in total. The second kappa shape index (κ2) is 8.99. The van der Waals surface area contributed by atoms with E-state index < -0.39 is 4.92 Å². The van der Waals surface area contributed by atoms with E-state index in [2.05, 4.69) is 10.2 Å². The maximum atomic E-state index is 11.1. The molecule has 2 aromatic heterocycles. The Morgan fingerprint density at radius 1 is 1.06 bits per heavy atom. The average Bonchev–Trinajstić information content (AvgIpc) is 3.42. The van der Waals surface area contributed by atoms with Gasteiger partial charge in [-0.25, -0.2) is 0 Å². The molecule has 1 aliphatic heterocycles. The standard InChI is InChI=1S/C24H19N5O4S/c1-15-7-9-17(10-8-15)18-13-21(20-11-12-23(33-20)29(30)31)34-24-26-25-22(28(24)27-18)14-32-19-6-4-3-5-16(19)2/h3-13H,14H2,1-2H3. The van der Waals surface area contributed by atoms with Gasteiger partial charge in [-0.2, -0.15) is 9.78 Å². The highest BCUT2D eigenvalue weighted by atomic mass is 32.2. The zero-order valence-electron chi connectivity index (χ0n) is 18.3. The minimum absolute atomic E-state index is 0.171. The van der Waals surface area contributed by atoms with Crippen LogP contribution in [0, 0.1) is 24.0 Å². The number of nitro groups is 1. The van der Waals surface area contributed by atoms with Crippen LogP contribution in [0.5, 0.6) is 5.75 Å². The fourth-order valence-electron chi connectivity index (χ4n) is 3.34. The molecular formula is C24H19N5O4S. The van der Waals surface area contributed by atoms with E-state index in [0.29, 0.717) is 27.4 Å². The van der Waals surface area contributed by atoms with Crippen molar-refractivity contribution in [1.29, 1.82) is 0 Å². The Labute approximate surface area is 198 Å². The van der Waals surface area contributed by atoms with Crippen LogP contribution in [-0.4, -0.2) is 25.5 Å². The first-order valence-corrected chi connectivity index (χ1v) is 11.2. The summed E-state index contributed by atoms with van der Waals surface area (Å²) in [6.45, 7) is 4.16. The summed E-state index contributed by atoms with van der Waals surface area (Å²) in [5.41, 5.74) is 3.64. The van der Waals surface area contributed by atoms with Crippen LogP contribution in [0.2, 0.25) is 0 Å². The lowest BCUT2D eigenvalue weighted by Gasteiger charge is -2.09. The van der Waals surface area contributed by atoms with Crippen LogP contribution >= 0.6 is 11.8 Å². The molecule has 34 heavy (non-hydrogen) atoms. The summed E-state index contributed by atoms with van der Waals surface area (Å²) in [6, 6.07) is 18.6. The molecule has 5 rings (SSSR count). The number of benzene rings is 2. The molecule has 170 valence electrons. The van der Waals surface area contributed by atoms with Gasteiger partial charge in [0, 0.05) is 5.56 Å². The monoisotopic (exact) mass is 473 g/mol. The van der Waals surface area contributed by atoms with Crippen molar-refractivity contribution in [3.05, 3.63) is 105 Å². The molecule has 0 spiro atoms. The fraction of sp³-hybridized carbons (Fsp3) is 0.125. The molecule has 1 aliphatic rings. The van der Waals surface area contributed by atoms with Crippen LogP contribution < -0.4 is 4.74 Å². The summed E-state index contributed by atoms with van der Waals surface area (Å²) >= 11 is 1.27. The lowest BCUT2D eigenvalue weighted by Crippen LogP contribution is -2.07. The number of thioether (sulfide) groups is 1.